The highest BCUT2D eigenvalue weighted by Crippen LogP contribution is 2.39. The lowest BCUT2D eigenvalue weighted by Crippen LogP contribution is -2.44. The number of nitrogens with zero attached hydrogens (tertiary/aromatic N) is 15. The number of aryl methyl sites for hydroxylation is 4. The number of carbonyl (C=O) groups excluding carboxylic acids is 3. The van der Waals surface area contributed by atoms with E-state index in [9.17, 15) is 53.9 Å². The van der Waals surface area contributed by atoms with E-state index in [0.29, 0.717) is 112 Å². The molecule has 34 heteroatoms. The van der Waals surface area contributed by atoms with Crippen LogP contribution >= 0.6 is 0 Å². The Labute approximate surface area is 696 Å². The van der Waals surface area contributed by atoms with Crippen LogP contribution in [0.25, 0.3) is 33.0 Å². The normalized spacial score (nSPS) is 14.6. The van der Waals surface area contributed by atoms with E-state index in [4.69, 9.17) is 17.2 Å². The quantitative estimate of drug-likeness (QED) is 0.0441. The number of hydrogen-bond acceptors (Lipinski definition) is 20. The molecule has 9 heterocycles. The lowest BCUT2D eigenvalue weighted by molar-refractivity contribution is -0.139. The smallest absolute Gasteiger partial charge is 0.383 e. The number of rotatable bonds is 12. The monoisotopic (exact) mass is 1670 g/mol. The molecule has 12 aromatic rings. The van der Waals surface area contributed by atoms with Crippen LogP contribution in [0, 0.1) is 56.3 Å². The molecule has 0 saturated carbocycles. The van der Waals surface area contributed by atoms with Gasteiger partial charge in [0.15, 0.2) is 11.3 Å². The SMILES string of the molecule is Cc1ccc(C(=O)Nc2ccc(CN3CCN(C)CC3)c(C(F)(F)F)c2)cc1C#Cc1cnc(N)c2cccnc12.Cc1ccc(C(=O)Nc2ccc(CN3CCN(C)CC3)c(C(F)(F)F)c2)cc1C#Cc1nc(N)nc2[nH]ncc12.Cc1ccc(C(=O)Nc2ccc(CN3CCN(C)CC3)c(C(F)(F)F)c2)cc1C#Cc1nc(N)nc2c1cnn2C. The zero-order chi connectivity index (χ0) is 86.9. The van der Waals surface area contributed by atoms with Gasteiger partial charge in [-0.3, -0.25) is 43.8 Å². The fourth-order valence-corrected chi connectivity index (χ4v) is 13.9. The predicted molar refractivity (Wildman–Crippen MR) is 449 cm³/mol. The van der Waals surface area contributed by atoms with E-state index in [2.05, 4.69) is 111 Å². The Morgan fingerprint density at radius 2 is 0.811 bits per heavy atom. The summed E-state index contributed by atoms with van der Waals surface area (Å²) >= 11 is 0. The molecule has 3 fully saturated rings. The summed E-state index contributed by atoms with van der Waals surface area (Å²) in [6.07, 6.45) is -7.32. The van der Waals surface area contributed by atoms with Gasteiger partial charge in [-0.25, -0.2) is 15.0 Å². The van der Waals surface area contributed by atoms with E-state index in [1.54, 1.807) is 97.2 Å². The average molecular weight is 1670 g/mol. The fourth-order valence-electron chi connectivity index (χ4n) is 13.9. The van der Waals surface area contributed by atoms with Crippen LogP contribution in [0.2, 0.25) is 0 Å². The van der Waals surface area contributed by atoms with Crippen molar-refractivity contribution in [3.05, 3.63) is 247 Å². The number of benzene rings is 6. The number of aromatic amines is 1. The lowest BCUT2D eigenvalue weighted by Gasteiger charge is -2.33. The third-order valence-corrected chi connectivity index (χ3v) is 21.1. The van der Waals surface area contributed by atoms with Crippen molar-refractivity contribution in [2.75, 3.05) is 133 Å². The first kappa shape index (κ1) is 86.4. The van der Waals surface area contributed by atoms with Gasteiger partial charge in [-0.15, -0.1) is 0 Å². The van der Waals surface area contributed by atoms with Gasteiger partial charge in [-0.1, -0.05) is 60.1 Å². The summed E-state index contributed by atoms with van der Waals surface area (Å²) in [4.78, 5) is 76.8. The van der Waals surface area contributed by atoms with Gasteiger partial charge in [-0.05, 0) is 172 Å². The number of hydrogen-bond donors (Lipinski definition) is 7. The molecule has 3 saturated heterocycles. The number of aromatic nitrogens is 10. The molecule has 0 unspecified atom stereocenters. The van der Waals surface area contributed by atoms with Crippen molar-refractivity contribution < 1.29 is 53.9 Å². The van der Waals surface area contributed by atoms with E-state index < -0.39 is 52.9 Å². The van der Waals surface area contributed by atoms with Gasteiger partial charge in [0.1, 0.15) is 17.2 Å². The van der Waals surface area contributed by atoms with Crippen molar-refractivity contribution in [3.63, 3.8) is 0 Å². The standard InChI is InChI=1S/C31H29F3N6O.C29H29F3N8O.C28H27F3N8O/c1-20-5-6-22(16-21(20)7-8-23-18-37-29(35)26-4-3-11-36-28(23)26)30(41)38-25-10-9-24(27(17-25)31(32,33)34)19-40-14-12-39(2)13-15-40;1-18-4-5-20(14-19(18)7-9-25-23-16-34-39(3)26(23)37-28(33)36-25)27(41)35-22-8-6-21(24(15-22)29(30,31)32)17-40-12-10-38(2)11-13-40;1-17-3-4-19(13-18(17)6-8-24-22-15-33-37-25(22)36-27(32)35-24)26(40)34-21-7-5-20(23(14-21)28(29,30)31)16-39-11-9-38(2)10-12-39/h3-6,9-11,16-18H,12-15,19H2,1-2H3,(H2,35,37)(H,38,41);4-6,8,14-16H,10-13,17H2,1-3H3,(H,35,41)(H2,33,36,37);3-5,7,13-15H,9-12,16H2,1-2H3,(H,34,40)(H3,32,33,35,36,37). The van der Waals surface area contributed by atoms with Gasteiger partial charge in [-0.2, -0.15) is 59.7 Å². The van der Waals surface area contributed by atoms with E-state index >= 15 is 0 Å². The molecule has 3 amide bonds. The first-order valence-corrected chi connectivity index (χ1v) is 38.7. The number of pyridine rings is 2. The highest BCUT2D eigenvalue weighted by molar-refractivity contribution is 6.06. The average Bonchev–Trinajstić information content (AvgIpc) is 1.58. The molecule has 25 nitrogen and oxygen atoms in total. The van der Waals surface area contributed by atoms with Gasteiger partial charge in [0.05, 0.1) is 50.9 Å². The largest absolute Gasteiger partial charge is 0.416 e. The molecule has 0 aliphatic carbocycles. The number of carbonyl (C=O) groups is 3. The number of nitrogens with one attached hydrogen (secondary N) is 4. The summed E-state index contributed by atoms with van der Waals surface area (Å²) in [6.45, 7) is 15.2. The molecule has 628 valence electrons. The molecule has 6 aromatic carbocycles. The first-order valence-electron chi connectivity index (χ1n) is 38.7. The van der Waals surface area contributed by atoms with Crippen molar-refractivity contribution in [1.29, 1.82) is 0 Å². The number of H-pyrrole nitrogens is 1. The highest BCUT2D eigenvalue weighted by atomic mass is 19.4. The van der Waals surface area contributed by atoms with E-state index in [0.717, 1.165) is 74.2 Å². The molecule has 3 aliphatic heterocycles. The molecular formula is C88H85F9N22O3. The summed E-state index contributed by atoms with van der Waals surface area (Å²) in [7, 11) is 7.72. The Bertz CT molecular complexity index is 6150. The summed E-state index contributed by atoms with van der Waals surface area (Å²) in [5, 5.41) is 20.6. The van der Waals surface area contributed by atoms with Gasteiger partial charge >= 0.3 is 18.5 Å². The van der Waals surface area contributed by atoms with Crippen LogP contribution in [0.15, 0.2) is 146 Å². The maximum atomic E-state index is 14.0. The third kappa shape index (κ3) is 21.6. The van der Waals surface area contributed by atoms with Crippen LogP contribution < -0.4 is 33.2 Å². The fraction of sp³-hybridized carbons (Fsp3) is 0.284. The van der Waals surface area contributed by atoms with Crippen molar-refractivity contribution in [2.24, 2.45) is 7.05 Å². The Kier molecular flexibility index (Phi) is 26.3. The van der Waals surface area contributed by atoms with E-state index in [1.807, 2.05) is 62.7 Å². The Hall–Kier alpha value is -13.4. The highest BCUT2D eigenvalue weighted by Gasteiger charge is 2.38. The second-order valence-corrected chi connectivity index (χ2v) is 30.0. The summed E-state index contributed by atoms with van der Waals surface area (Å²) in [6, 6.07) is 30.2. The number of piperazine rings is 3. The number of alkyl halides is 9. The second kappa shape index (κ2) is 37.1. The lowest BCUT2D eigenvalue weighted by atomic mass is 10.0. The topological polar surface area (TPSA) is 309 Å². The minimum absolute atomic E-state index is 0.0404. The van der Waals surface area contributed by atoms with Crippen LogP contribution in [0.3, 0.4) is 0 Å². The van der Waals surface area contributed by atoms with Crippen molar-refractivity contribution in [2.45, 2.75) is 58.9 Å². The summed E-state index contributed by atoms with van der Waals surface area (Å²) < 4.78 is 127. The second-order valence-electron chi connectivity index (χ2n) is 30.0. The maximum absolute atomic E-state index is 14.0. The van der Waals surface area contributed by atoms with Crippen LogP contribution in [-0.4, -0.2) is 197 Å². The molecule has 10 N–H and O–H groups in total. The third-order valence-electron chi connectivity index (χ3n) is 21.1. The van der Waals surface area contributed by atoms with Gasteiger partial charge < -0.3 is 47.9 Å². The first-order chi connectivity index (χ1) is 58.1. The molecule has 122 heavy (non-hydrogen) atoms. The molecule has 0 radical (unpaired) electrons. The molecule has 15 rings (SSSR count). The minimum atomic E-state index is -4.56. The van der Waals surface area contributed by atoms with Gasteiger partial charge in [0.25, 0.3) is 17.7 Å². The number of halogens is 9. The van der Waals surface area contributed by atoms with Crippen LogP contribution in [0.5, 0.6) is 0 Å². The summed E-state index contributed by atoms with van der Waals surface area (Å²) in [5.41, 5.74) is 23.9. The maximum Gasteiger partial charge on any atom is 0.416 e. The van der Waals surface area contributed by atoms with Crippen molar-refractivity contribution in [1.82, 2.24) is 79.3 Å². The van der Waals surface area contributed by atoms with Crippen molar-refractivity contribution in [3.8, 4) is 35.5 Å². The molecule has 0 atom stereocenters. The van der Waals surface area contributed by atoms with Crippen LogP contribution in [0.1, 0.15) is 115 Å². The summed E-state index contributed by atoms with van der Waals surface area (Å²) in [5.74, 6) is 16.9. The molecule has 0 spiro atoms. The molecule has 0 bridgehead atoms. The Balaban J connectivity index is 0.000000158. The molecule has 6 aromatic heterocycles. The van der Waals surface area contributed by atoms with Crippen LogP contribution in [0.4, 0.5) is 74.3 Å². The zero-order valence-corrected chi connectivity index (χ0v) is 67.5. The van der Waals surface area contributed by atoms with Crippen molar-refractivity contribution >= 4 is 85.5 Å². The number of nitrogen functional groups attached to an aromatic ring is 3. The van der Waals surface area contributed by atoms with Crippen LogP contribution in [-0.2, 0) is 45.2 Å². The van der Waals surface area contributed by atoms with Gasteiger partial charge in [0, 0.05) is 173 Å². The molecule has 3 aliphatic rings. The number of amides is 3. The minimum Gasteiger partial charge on any atom is -0.383 e. The number of fused-ring (bicyclic) bond motifs is 3. The predicted octanol–water partition coefficient (Wildman–Crippen LogP) is 12.3. The number of nitrogens with two attached hydrogens (primary N) is 3. The molecular weight excluding hydrogens is 1580 g/mol. The number of likely N-dealkylation sites (N-methyl/N-ethyl adjacent to an activating group) is 3. The zero-order valence-electron chi connectivity index (χ0n) is 67.5. The Morgan fingerprint density at radius 1 is 0.426 bits per heavy atom. The number of anilines is 6. The Morgan fingerprint density at radius 3 is 1.22 bits per heavy atom. The van der Waals surface area contributed by atoms with E-state index in [-0.39, 0.29) is 82.0 Å². The van der Waals surface area contributed by atoms with E-state index in [1.165, 1.54) is 36.4 Å². The van der Waals surface area contributed by atoms with Gasteiger partial charge in [0.2, 0.25) is 11.9 Å².